The van der Waals surface area contributed by atoms with Crippen molar-refractivity contribution in [1.82, 2.24) is 9.62 Å². The summed E-state index contributed by atoms with van der Waals surface area (Å²) in [5, 5.41) is 2.33. The molecule has 0 unspecified atom stereocenters. The summed E-state index contributed by atoms with van der Waals surface area (Å²) in [6.45, 7) is 0.161. The predicted octanol–water partition coefficient (Wildman–Crippen LogP) is 0.600. The van der Waals surface area contributed by atoms with Gasteiger partial charge >= 0.3 is 0 Å². The maximum Gasteiger partial charge on any atom is 0.245 e. The van der Waals surface area contributed by atoms with Crippen LogP contribution in [0.2, 0.25) is 5.02 Å². The van der Waals surface area contributed by atoms with Crippen LogP contribution >= 0.6 is 11.6 Å². The smallest absolute Gasteiger partial charge is 0.245 e. The van der Waals surface area contributed by atoms with E-state index in [9.17, 15) is 17.6 Å². The maximum absolute atomic E-state index is 12.9. The van der Waals surface area contributed by atoms with Crippen molar-refractivity contribution in [1.29, 1.82) is 0 Å². The third kappa shape index (κ3) is 2.47. The predicted molar refractivity (Wildman–Crippen MR) is 63.2 cm³/mol. The van der Waals surface area contributed by atoms with Crippen LogP contribution in [0.15, 0.2) is 23.1 Å². The normalized spacial score (nSPS) is 17.6. The number of nitrogens with one attached hydrogen (secondary N) is 1. The first-order valence-electron chi connectivity index (χ1n) is 5.13. The summed E-state index contributed by atoms with van der Waals surface area (Å²) in [5.74, 6) is -0.988. The molecule has 0 aromatic heterocycles. The molecule has 0 spiro atoms. The number of hydrogen-bond donors (Lipinski definition) is 1. The maximum atomic E-state index is 12.9. The van der Waals surface area contributed by atoms with E-state index in [0.717, 1.165) is 22.5 Å². The summed E-state index contributed by atoms with van der Waals surface area (Å²) >= 11 is 5.72. The summed E-state index contributed by atoms with van der Waals surface area (Å²) < 4.78 is 38.3. The Morgan fingerprint density at radius 2 is 2.11 bits per heavy atom. The highest BCUT2D eigenvalue weighted by atomic mass is 35.5. The fourth-order valence-corrected chi connectivity index (χ4v) is 3.55. The lowest BCUT2D eigenvalue weighted by Crippen LogP contribution is -2.49. The van der Waals surface area contributed by atoms with Crippen LogP contribution in [0.5, 0.6) is 0 Å². The Bertz CT molecular complexity index is 591. The summed E-state index contributed by atoms with van der Waals surface area (Å²) in [4.78, 5) is 11.0. The van der Waals surface area contributed by atoms with Crippen molar-refractivity contribution in [3.63, 3.8) is 0 Å². The number of piperazine rings is 1. The number of hydrogen-bond acceptors (Lipinski definition) is 3. The van der Waals surface area contributed by atoms with Crippen molar-refractivity contribution in [3.8, 4) is 0 Å². The molecule has 8 heteroatoms. The van der Waals surface area contributed by atoms with Gasteiger partial charge in [-0.25, -0.2) is 12.8 Å². The van der Waals surface area contributed by atoms with E-state index >= 15 is 0 Å². The van der Waals surface area contributed by atoms with Gasteiger partial charge in [-0.05, 0) is 18.2 Å². The van der Waals surface area contributed by atoms with Crippen LogP contribution < -0.4 is 5.32 Å². The van der Waals surface area contributed by atoms with E-state index in [-0.39, 0.29) is 35.5 Å². The number of rotatable bonds is 2. The number of carbonyl (C=O) groups excluding carboxylic acids is 1. The third-order valence-electron chi connectivity index (χ3n) is 2.52. The van der Waals surface area contributed by atoms with Crippen LogP contribution in [-0.2, 0) is 14.8 Å². The number of sulfonamides is 1. The number of benzene rings is 1. The molecule has 1 fully saturated rings. The van der Waals surface area contributed by atoms with Crippen molar-refractivity contribution < 1.29 is 17.6 Å². The molecule has 1 aromatic rings. The SMILES string of the molecule is O=C1CN(S(=O)(=O)c2ccc(F)cc2Cl)CCN1. The van der Waals surface area contributed by atoms with Gasteiger partial charge in [0.05, 0.1) is 11.6 Å². The van der Waals surface area contributed by atoms with Crippen molar-refractivity contribution in [2.75, 3.05) is 19.6 Å². The summed E-state index contributed by atoms with van der Waals surface area (Å²) in [7, 11) is -3.87. The van der Waals surface area contributed by atoms with Gasteiger partial charge in [0.1, 0.15) is 10.7 Å². The summed E-state index contributed by atoms with van der Waals surface area (Å²) in [5.41, 5.74) is 0. The van der Waals surface area contributed by atoms with E-state index in [4.69, 9.17) is 11.6 Å². The van der Waals surface area contributed by atoms with E-state index < -0.39 is 15.8 Å². The Labute approximate surface area is 109 Å². The third-order valence-corrected chi connectivity index (χ3v) is 4.84. The number of halogens is 2. The lowest BCUT2D eigenvalue weighted by atomic mass is 10.3. The Kier molecular flexibility index (Phi) is 3.56. The fourth-order valence-electron chi connectivity index (χ4n) is 1.64. The first-order chi connectivity index (χ1) is 8.41. The molecule has 0 atom stereocenters. The average molecular weight is 293 g/mol. The molecule has 2 rings (SSSR count). The topological polar surface area (TPSA) is 66.5 Å². The Morgan fingerprint density at radius 3 is 2.72 bits per heavy atom. The minimum absolute atomic E-state index is 0.168. The largest absolute Gasteiger partial charge is 0.354 e. The monoisotopic (exact) mass is 292 g/mol. The lowest BCUT2D eigenvalue weighted by Gasteiger charge is -2.26. The molecule has 0 radical (unpaired) electrons. The van der Waals surface area contributed by atoms with Crippen molar-refractivity contribution in [3.05, 3.63) is 29.0 Å². The molecule has 1 aliphatic heterocycles. The quantitative estimate of drug-likeness (QED) is 0.868. The zero-order chi connectivity index (χ0) is 13.3. The zero-order valence-electron chi connectivity index (χ0n) is 9.19. The van der Waals surface area contributed by atoms with Crippen LogP contribution in [0, 0.1) is 5.82 Å². The number of carbonyl (C=O) groups is 1. The van der Waals surface area contributed by atoms with Gasteiger partial charge in [0, 0.05) is 13.1 Å². The van der Waals surface area contributed by atoms with Crippen LogP contribution in [0.4, 0.5) is 4.39 Å². The highest BCUT2D eigenvalue weighted by Crippen LogP contribution is 2.25. The fraction of sp³-hybridized carbons (Fsp3) is 0.300. The standard InChI is InChI=1S/C10H10ClFN2O3S/c11-8-5-7(12)1-2-9(8)18(16,17)14-4-3-13-10(15)6-14/h1-2,5H,3-4,6H2,(H,13,15). The van der Waals surface area contributed by atoms with Gasteiger partial charge < -0.3 is 5.32 Å². The molecule has 1 heterocycles. The van der Waals surface area contributed by atoms with Crippen LogP contribution in [0.3, 0.4) is 0 Å². The lowest BCUT2D eigenvalue weighted by molar-refractivity contribution is -0.122. The van der Waals surface area contributed by atoms with Gasteiger partial charge in [0.25, 0.3) is 0 Å². The van der Waals surface area contributed by atoms with Gasteiger partial charge in [-0.2, -0.15) is 4.31 Å². The van der Waals surface area contributed by atoms with E-state index in [0.29, 0.717) is 0 Å². The van der Waals surface area contributed by atoms with Crippen molar-refractivity contribution >= 4 is 27.5 Å². The Balaban J connectivity index is 2.38. The summed E-state index contributed by atoms with van der Waals surface area (Å²) in [6, 6.07) is 3.04. The highest BCUT2D eigenvalue weighted by molar-refractivity contribution is 7.89. The molecular weight excluding hydrogens is 283 g/mol. The van der Waals surface area contributed by atoms with Gasteiger partial charge in [-0.1, -0.05) is 11.6 Å². The molecule has 18 heavy (non-hydrogen) atoms. The number of amides is 1. The van der Waals surface area contributed by atoms with Gasteiger partial charge in [0.2, 0.25) is 15.9 Å². The summed E-state index contributed by atoms with van der Waals surface area (Å²) in [6.07, 6.45) is 0. The first-order valence-corrected chi connectivity index (χ1v) is 6.95. The van der Waals surface area contributed by atoms with E-state index in [1.807, 2.05) is 0 Å². The van der Waals surface area contributed by atoms with Crippen molar-refractivity contribution in [2.45, 2.75) is 4.90 Å². The molecule has 0 aliphatic carbocycles. The van der Waals surface area contributed by atoms with Crippen LogP contribution in [0.25, 0.3) is 0 Å². The zero-order valence-corrected chi connectivity index (χ0v) is 10.8. The minimum atomic E-state index is -3.87. The van der Waals surface area contributed by atoms with Crippen molar-refractivity contribution in [2.24, 2.45) is 0 Å². The van der Waals surface area contributed by atoms with Crippen LogP contribution in [-0.4, -0.2) is 38.3 Å². The minimum Gasteiger partial charge on any atom is -0.354 e. The van der Waals surface area contributed by atoms with Gasteiger partial charge in [-0.15, -0.1) is 0 Å². The van der Waals surface area contributed by atoms with E-state index in [2.05, 4.69) is 5.32 Å². The Hall–Kier alpha value is -1.18. The average Bonchev–Trinajstić information content (AvgIpc) is 2.28. The second kappa shape index (κ2) is 4.83. The van der Waals surface area contributed by atoms with Crippen LogP contribution in [0.1, 0.15) is 0 Å². The molecule has 1 aromatic carbocycles. The van der Waals surface area contributed by atoms with Gasteiger partial charge in [0.15, 0.2) is 0 Å². The second-order valence-corrected chi connectivity index (χ2v) is 6.08. The molecule has 1 saturated heterocycles. The first kappa shape index (κ1) is 13.3. The highest BCUT2D eigenvalue weighted by Gasteiger charge is 2.30. The van der Waals surface area contributed by atoms with E-state index in [1.54, 1.807) is 0 Å². The molecule has 1 N–H and O–H groups in total. The molecule has 0 bridgehead atoms. The molecule has 1 amide bonds. The second-order valence-electron chi connectivity index (χ2n) is 3.76. The van der Waals surface area contributed by atoms with Gasteiger partial charge in [-0.3, -0.25) is 4.79 Å². The number of nitrogens with zero attached hydrogens (tertiary/aromatic N) is 1. The Morgan fingerprint density at radius 1 is 1.39 bits per heavy atom. The molecule has 98 valence electrons. The molecule has 0 saturated carbocycles. The molecule has 1 aliphatic rings. The molecule has 5 nitrogen and oxygen atoms in total. The molecular formula is C10H10ClFN2O3S. The van der Waals surface area contributed by atoms with E-state index in [1.165, 1.54) is 0 Å².